The van der Waals surface area contributed by atoms with E-state index in [1.807, 2.05) is 73.5 Å². The lowest BCUT2D eigenvalue weighted by Gasteiger charge is -2.48. The highest BCUT2D eigenvalue weighted by Gasteiger charge is 2.43. The van der Waals surface area contributed by atoms with Crippen LogP contribution in [-0.4, -0.2) is 57.9 Å². The third kappa shape index (κ3) is 5.21. The second-order valence-electron chi connectivity index (χ2n) is 7.54. The van der Waals surface area contributed by atoms with Crippen molar-refractivity contribution in [2.75, 3.05) is 37.5 Å². The van der Waals surface area contributed by atoms with Crippen LogP contribution in [0.2, 0.25) is 0 Å². The van der Waals surface area contributed by atoms with Crippen molar-refractivity contribution in [1.82, 2.24) is 13.9 Å². The summed E-state index contributed by atoms with van der Waals surface area (Å²) >= 11 is 1.88. The molecule has 1 saturated heterocycles. The van der Waals surface area contributed by atoms with Crippen LogP contribution in [0.25, 0.3) is 0 Å². The first kappa shape index (κ1) is 21.9. The third-order valence-electron chi connectivity index (χ3n) is 5.63. The molecule has 29 heavy (non-hydrogen) atoms. The Morgan fingerprint density at radius 1 is 1.28 bits per heavy atom. The van der Waals surface area contributed by atoms with Crippen molar-refractivity contribution in [2.24, 2.45) is 7.05 Å². The fourth-order valence-corrected chi connectivity index (χ4v) is 5.03. The molecule has 1 aliphatic rings. The topological polar surface area (TPSA) is 50.6 Å². The van der Waals surface area contributed by atoms with Crippen LogP contribution in [0.4, 0.5) is 5.69 Å². The molecule has 1 fully saturated rings. The van der Waals surface area contributed by atoms with Crippen molar-refractivity contribution in [3.05, 3.63) is 48.5 Å². The molecule has 3 rings (SSSR count). The second-order valence-corrected chi connectivity index (χ2v) is 8.73. The van der Waals surface area contributed by atoms with Gasteiger partial charge in [0.25, 0.3) is 0 Å². The van der Waals surface area contributed by atoms with Crippen molar-refractivity contribution < 1.29 is 9.53 Å². The Balaban J connectivity index is 1.66. The number of methoxy groups -OCH3 is 1. The van der Waals surface area contributed by atoms with Gasteiger partial charge in [-0.15, -0.1) is 0 Å². The maximum atomic E-state index is 13.0. The standard InChI is InChI=1S/C22H32N4O2S/c1-4-21(27)26(19-8-6-5-7-9-19)22(18-28-3)11-14-25(15-12-22)29-17-10-20-23-13-16-24(20)2/h5-9,13,16H,4,10-12,14-15,17-18H2,1-3H3. The van der Waals surface area contributed by atoms with Crippen LogP contribution >= 0.6 is 11.9 Å². The van der Waals surface area contributed by atoms with E-state index in [1.54, 1.807) is 7.11 Å². The molecule has 0 unspecified atom stereocenters. The summed E-state index contributed by atoms with van der Waals surface area (Å²) in [6, 6.07) is 10.0. The Morgan fingerprint density at radius 2 is 2.00 bits per heavy atom. The fraction of sp³-hybridized carbons (Fsp3) is 0.545. The number of imidazole rings is 1. The molecular weight excluding hydrogens is 384 g/mol. The van der Waals surface area contributed by atoms with Gasteiger partial charge in [-0.1, -0.05) is 37.1 Å². The number of aryl methyl sites for hydroxylation is 2. The lowest BCUT2D eigenvalue weighted by atomic mass is 9.86. The van der Waals surface area contributed by atoms with Gasteiger partial charge in [-0.05, 0) is 25.0 Å². The number of para-hydroxylation sites is 1. The van der Waals surface area contributed by atoms with E-state index in [2.05, 4.69) is 13.9 Å². The molecule has 0 saturated carbocycles. The quantitative estimate of drug-likeness (QED) is 0.585. The van der Waals surface area contributed by atoms with Crippen LogP contribution in [-0.2, 0) is 23.0 Å². The minimum Gasteiger partial charge on any atom is -0.382 e. The van der Waals surface area contributed by atoms with Crippen molar-refractivity contribution in [3.8, 4) is 0 Å². The highest BCUT2D eigenvalue weighted by Crippen LogP contribution is 2.36. The Kier molecular flexibility index (Phi) is 7.75. The first-order valence-electron chi connectivity index (χ1n) is 10.3. The van der Waals surface area contributed by atoms with Gasteiger partial charge < -0.3 is 14.2 Å². The summed E-state index contributed by atoms with van der Waals surface area (Å²) in [5.41, 5.74) is 0.673. The molecule has 7 heteroatoms. The van der Waals surface area contributed by atoms with Crippen LogP contribution in [0.1, 0.15) is 32.0 Å². The lowest BCUT2D eigenvalue weighted by molar-refractivity contribution is -0.120. The number of anilines is 1. The summed E-state index contributed by atoms with van der Waals surface area (Å²) in [6.45, 7) is 4.37. The van der Waals surface area contributed by atoms with Gasteiger partial charge in [-0.2, -0.15) is 0 Å². The van der Waals surface area contributed by atoms with E-state index in [-0.39, 0.29) is 11.4 Å². The van der Waals surface area contributed by atoms with Crippen LogP contribution in [0.3, 0.4) is 0 Å². The number of piperidine rings is 1. The van der Waals surface area contributed by atoms with E-state index >= 15 is 0 Å². The van der Waals surface area contributed by atoms with Crippen molar-refractivity contribution in [3.63, 3.8) is 0 Å². The number of hydrogen-bond acceptors (Lipinski definition) is 5. The van der Waals surface area contributed by atoms with Crippen molar-refractivity contribution in [1.29, 1.82) is 0 Å². The van der Waals surface area contributed by atoms with Crippen LogP contribution in [0.15, 0.2) is 42.7 Å². The molecule has 1 aromatic heterocycles. The van der Waals surface area contributed by atoms with Gasteiger partial charge in [-0.3, -0.25) is 9.10 Å². The first-order chi connectivity index (χ1) is 14.1. The average molecular weight is 417 g/mol. The van der Waals surface area contributed by atoms with E-state index in [0.29, 0.717) is 13.0 Å². The van der Waals surface area contributed by atoms with Crippen LogP contribution in [0.5, 0.6) is 0 Å². The molecule has 2 heterocycles. The van der Waals surface area contributed by atoms with E-state index in [9.17, 15) is 4.79 Å². The average Bonchev–Trinajstić information content (AvgIpc) is 3.15. The number of amides is 1. The predicted octanol–water partition coefficient (Wildman–Crippen LogP) is 3.54. The molecule has 1 aromatic carbocycles. The number of benzene rings is 1. The number of carbonyl (C=O) groups is 1. The minimum atomic E-state index is -0.292. The molecule has 0 N–H and O–H groups in total. The molecular formula is C22H32N4O2S. The number of aromatic nitrogens is 2. The maximum Gasteiger partial charge on any atom is 0.227 e. The monoisotopic (exact) mass is 416 g/mol. The van der Waals surface area contributed by atoms with Gasteiger partial charge >= 0.3 is 0 Å². The Morgan fingerprint density at radius 3 is 2.59 bits per heavy atom. The zero-order valence-corrected chi connectivity index (χ0v) is 18.5. The number of rotatable bonds is 9. The molecule has 0 atom stereocenters. The molecule has 0 radical (unpaired) electrons. The molecule has 2 aromatic rings. The molecule has 158 valence electrons. The van der Waals surface area contributed by atoms with Crippen LogP contribution < -0.4 is 4.90 Å². The predicted molar refractivity (Wildman–Crippen MR) is 119 cm³/mol. The van der Waals surface area contributed by atoms with Gasteiger partial charge in [0.15, 0.2) is 0 Å². The summed E-state index contributed by atoms with van der Waals surface area (Å²) in [6.07, 6.45) is 7.08. The van der Waals surface area contributed by atoms with Gasteiger partial charge in [0, 0.05) is 63.9 Å². The molecule has 0 spiro atoms. The van der Waals surface area contributed by atoms with E-state index < -0.39 is 0 Å². The van der Waals surface area contributed by atoms with E-state index in [4.69, 9.17) is 4.74 Å². The molecule has 0 aliphatic carbocycles. The van der Waals surface area contributed by atoms with Gasteiger partial charge in [0.2, 0.25) is 5.91 Å². The molecule has 6 nitrogen and oxygen atoms in total. The summed E-state index contributed by atoms with van der Waals surface area (Å²) in [7, 11) is 3.77. The van der Waals surface area contributed by atoms with Crippen molar-refractivity contribution in [2.45, 2.75) is 38.1 Å². The first-order valence-corrected chi connectivity index (χ1v) is 11.2. The van der Waals surface area contributed by atoms with Gasteiger partial charge in [0.05, 0.1) is 12.1 Å². The second kappa shape index (κ2) is 10.3. The van der Waals surface area contributed by atoms with E-state index in [0.717, 1.165) is 49.6 Å². The normalized spacial score (nSPS) is 16.7. The Labute approximate surface area is 178 Å². The molecule has 1 amide bonds. The summed E-state index contributed by atoms with van der Waals surface area (Å²) in [5, 5.41) is 0. The SMILES string of the molecule is CCC(=O)N(c1ccccc1)C1(COC)CCN(SCCc2nccn2C)CC1. The molecule has 1 aliphatic heterocycles. The summed E-state index contributed by atoms with van der Waals surface area (Å²) < 4.78 is 10.1. The lowest BCUT2D eigenvalue weighted by Crippen LogP contribution is -2.59. The van der Waals surface area contributed by atoms with Gasteiger partial charge in [-0.25, -0.2) is 4.98 Å². The largest absolute Gasteiger partial charge is 0.382 e. The zero-order chi connectivity index (χ0) is 20.7. The number of hydrogen-bond donors (Lipinski definition) is 0. The Bertz CT molecular complexity index is 772. The smallest absolute Gasteiger partial charge is 0.227 e. The zero-order valence-electron chi connectivity index (χ0n) is 17.7. The Hall–Kier alpha value is -1.83. The van der Waals surface area contributed by atoms with E-state index in [1.165, 1.54) is 0 Å². The highest BCUT2D eigenvalue weighted by atomic mass is 32.2. The molecule has 0 bridgehead atoms. The summed E-state index contributed by atoms with van der Waals surface area (Å²) in [5.74, 6) is 2.29. The third-order valence-corrected chi connectivity index (χ3v) is 6.74. The fourth-order valence-electron chi connectivity index (χ4n) is 4.05. The highest BCUT2D eigenvalue weighted by molar-refractivity contribution is 7.97. The number of ether oxygens (including phenoxy) is 1. The maximum absolute atomic E-state index is 13.0. The van der Waals surface area contributed by atoms with Crippen molar-refractivity contribution >= 4 is 23.5 Å². The number of nitrogens with zero attached hydrogens (tertiary/aromatic N) is 4. The minimum absolute atomic E-state index is 0.157. The summed E-state index contributed by atoms with van der Waals surface area (Å²) in [4.78, 5) is 19.4. The number of carbonyl (C=O) groups excluding carboxylic acids is 1. The van der Waals surface area contributed by atoms with Gasteiger partial charge in [0.1, 0.15) is 5.82 Å². The van der Waals surface area contributed by atoms with Crippen LogP contribution in [0, 0.1) is 0 Å².